The molecule has 4 N–H and O–H groups in total. The molecule has 0 aliphatic rings. The lowest BCUT2D eigenvalue weighted by Gasteiger charge is -2.05. The molecule has 0 aliphatic heterocycles. The molecule has 2 aromatic rings. The molecular formula is C12H15ClN4. The van der Waals surface area contributed by atoms with Gasteiger partial charge in [-0.3, -0.25) is 0 Å². The first-order valence-corrected chi connectivity index (χ1v) is 5.83. The van der Waals surface area contributed by atoms with Crippen molar-refractivity contribution in [2.75, 3.05) is 12.3 Å². The van der Waals surface area contributed by atoms with Crippen molar-refractivity contribution in [1.82, 2.24) is 9.78 Å². The van der Waals surface area contributed by atoms with Crippen molar-refractivity contribution in [3.63, 3.8) is 0 Å². The third-order valence-electron chi connectivity index (χ3n) is 2.60. The van der Waals surface area contributed by atoms with Crippen molar-refractivity contribution in [2.45, 2.75) is 13.0 Å². The van der Waals surface area contributed by atoms with Gasteiger partial charge in [0.05, 0.1) is 12.7 Å². The standard InChI is InChI=1S/C12H15ClN4/c13-11-3-1-2-9(6-11)8-17-12(15)10(4-5-14)7-16-17/h1-3,6-7H,4-5,8,14-15H2. The van der Waals surface area contributed by atoms with E-state index in [4.69, 9.17) is 23.1 Å². The van der Waals surface area contributed by atoms with Crippen LogP contribution in [0.5, 0.6) is 0 Å². The van der Waals surface area contributed by atoms with Crippen molar-refractivity contribution in [3.8, 4) is 0 Å². The molecule has 1 aromatic carbocycles. The summed E-state index contributed by atoms with van der Waals surface area (Å²) in [6.07, 6.45) is 2.52. The lowest BCUT2D eigenvalue weighted by atomic mass is 10.2. The zero-order valence-corrected chi connectivity index (χ0v) is 10.2. The molecule has 5 heteroatoms. The summed E-state index contributed by atoms with van der Waals surface area (Å²) in [6.45, 7) is 1.20. The van der Waals surface area contributed by atoms with Gasteiger partial charge >= 0.3 is 0 Å². The third kappa shape index (κ3) is 2.78. The summed E-state index contributed by atoms with van der Waals surface area (Å²) >= 11 is 5.93. The highest BCUT2D eigenvalue weighted by atomic mass is 35.5. The Hall–Kier alpha value is -1.52. The molecule has 90 valence electrons. The Morgan fingerprint density at radius 2 is 2.18 bits per heavy atom. The van der Waals surface area contributed by atoms with Crippen molar-refractivity contribution in [3.05, 3.63) is 46.6 Å². The van der Waals surface area contributed by atoms with Crippen LogP contribution in [0.4, 0.5) is 5.82 Å². The van der Waals surface area contributed by atoms with E-state index in [1.54, 1.807) is 10.9 Å². The predicted molar refractivity (Wildman–Crippen MR) is 70.0 cm³/mol. The van der Waals surface area contributed by atoms with Gasteiger partial charge in [0.1, 0.15) is 5.82 Å². The number of benzene rings is 1. The Bertz CT molecular complexity index is 507. The van der Waals surface area contributed by atoms with Crippen LogP contribution in [0.1, 0.15) is 11.1 Å². The average molecular weight is 251 g/mol. The van der Waals surface area contributed by atoms with E-state index in [1.807, 2.05) is 24.3 Å². The molecule has 0 saturated heterocycles. The fourth-order valence-electron chi connectivity index (χ4n) is 1.72. The molecule has 0 amide bonds. The first-order valence-electron chi connectivity index (χ1n) is 5.45. The number of nitrogen functional groups attached to an aromatic ring is 1. The monoisotopic (exact) mass is 250 g/mol. The number of nitrogens with two attached hydrogens (primary N) is 2. The van der Waals surface area contributed by atoms with Gasteiger partial charge in [0.2, 0.25) is 0 Å². The zero-order chi connectivity index (χ0) is 12.3. The normalized spacial score (nSPS) is 10.7. The van der Waals surface area contributed by atoms with Gasteiger partial charge in [-0.1, -0.05) is 23.7 Å². The molecule has 0 fully saturated rings. The Balaban J connectivity index is 2.19. The van der Waals surface area contributed by atoms with Gasteiger partial charge in [-0.05, 0) is 30.7 Å². The summed E-state index contributed by atoms with van der Waals surface area (Å²) < 4.78 is 1.76. The molecule has 0 atom stereocenters. The second-order valence-electron chi connectivity index (χ2n) is 3.88. The molecule has 0 saturated carbocycles. The minimum atomic E-state index is 0.576. The highest BCUT2D eigenvalue weighted by molar-refractivity contribution is 6.30. The van der Waals surface area contributed by atoms with Crippen LogP contribution in [0.2, 0.25) is 5.02 Å². The van der Waals surface area contributed by atoms with Crippen molar-refractivity contribution < 1.29 is 0 Å². The molecule has 0 unspecified atom stereocenters. The number of hydrogen-bond acceptors (Lipinski definition) is 3. The summed E-state index contributed by atoms with van der Waals surface area (Å²) in [6, 6.07) is 7.66. The van der Waals surface area contributed by atoms with E-state index in [9.17, 15) is 0 Å². The third-order valence-corrected chi connectivity index (χ3v) is 2.83. The van der Waals surface area contributed by atoms with E-state index in [2.05, 4.69) is 5.10 Å². The van der Waals surface area contributed by atoms with Crippen LogP contribution in [-0.2, 0) is 13.0 Å². The molecule has 0 spiro atoms. The molecule has 17 heavy (non-hydrogen) atoms. The number of hydrogen-bond donors (Lipinski definition) is 2. The van der Waals surface area contributed by atoms with E-state index in [0.717, 1.165) is 22.6 Å². The minimum absolute atomic E-state index is 0.576. The molecular weight excluding hydrogens is 236 g/mol. The molecule has 1 heterocycles. The summed E-state index contributed by atoms with van der Waals surface area (Å²) in [4.78, 5) is 0. The Morgan fingerprint density at radius 1 is 1.35 bits per heavy atom. The Kier molecular flexibility index (Phi) is 3.66. The number of rotatable bonds is 4. The van der Waals surface area contributed by atoms with Crippen LogP contribution >= 0.6 is 11.6 Å². The zero-order valence-electron chi connectivity index (χ0n) is 9.44. The fourth-order valence-corrected chi connectivity index (χ4v) is 1.93. The summed E-state index contributed by atoms with van der Waals surface area (Å²) in [5.74, 6) is 0.676. The average Bonchev–Trinajstić information content (AvgIpc) is 2.62. The van der Waals surface area contributed by atoms with Gasteiger partial charge in [-0.25, -0.2) is 4.68 Å². The second kappa shape index (κ2) is 5.21. The fraction of sp³-hybridized carbons (Fsp3) is 0.250. The van der Waals surface area contributed by atoms with Gasteiger partial charge in [-0.2, -0.15) is 5.10 Å². The SMILES string of the molecule is NCCc1cnn(Cc2cccc(Cl)c2)c1N. The lowest BCUT2D eigenvalue weighted by molar-refractivity contribution is 0.697. The van der Waals surface area contributed by atoms with Gasteiger partial charge in [0, 0.05) is 10.6 Å². The first-order chi connectivity index (χ1) is 8.20. The predicted octanol–water partition coefficient (Wildman–Crippen LogP) is 1.67. The van der Waals surface area contributed by atoms with Crippen LogP contribution < -0.4 is 11.5 Å². The largest absolute Gasteiger partial charge is 0.384 e. The molecule has 1 aromatic heterocycles. The van der Waals surface area contributed by atoms with Crippen LogP contribution in [0, 0.1) is 0 Å². The molecule has 2 rings (SSSR count). The Morgan fingerprint density at radius 3 is 2.88 bits per heavy atom. The molecule has 0 radical (unpaired) electrons. The molecule has 0 aliphatic carbocycles. The topological polar surface area (TPSA) is 69.9 Å². The van der Waals surface area contributed by atoms with Crippen LogP contribution in [0.15, 0.2) is 30.5 Å². The van der Waals surface area contributed by atoms with E-state index < -0.39 is 0 Å². The quantitative estimate of drug-likeness (QED) is 0.867. The van der Waals surface area contributed by atoms with Crippen LogP contribution in [0.3, 0.4) is 0 Å². The van der Waals surface area contributed by atoms with Crippen molar-refractivity contribution in [2.24, 2.45) is 5.73 Å². The van der Waals surface area contributed by atoms with Gasteiger partial charge in [0.25, 0.3) is 0 Å². The lowest BCUT2D eigenvalue weighted by Crippen LogP contribution is -2.08. The summed E-state index contributed by atoms with van der Waals surface area (Å²) in [5.41, 5.74) is 13.6. The molecule has 4 nitrogen and oxygen atoms in total. The van der Waals surface area contributed by atoms with E-state index in [-0.39, 0.29) is 0 Å². The maximum Gasteiger partial charge on any atom is 0.125 e. The number of anilines is 1. The smallest absolute Gasteiger partial charge is 0.125 e. The second-order valence-corrected chi connectivity index (χ2v) is 4.32. The molecule has 0 bridgehead atoms. The summed E-state index contributed by atoms with van der Waals surface area (Å²) in [5, 5.41) is 4.97. The highest BCUT2D eigenvalue weighted by Crippen LogP contribution is 2.16. The highest BCUT2D eigenvalue weighted by Gasteiger charge is 2.07. The number of halogens is 1. The van der Waals surface area contributed by atoms with Crippen LogP contribution in [0.25, 0.3) is 0 Å². The van der Waals surface area contributed by atoms with Crippen molar-refractivity contribution in [1.29, 1.82) is 0 Å². The maximum atomic E-state index is 5.99. The van der Waals surface area contributed by atoms with Gasteiger partial charge < -0.3 is 11.5 Å². The van der Waals surface area contributed by atoms with Crippen molar-refractivity contribution >= 4 is 17.4 Å². The minimum Gasteiger partial charge on any atom is -0.384 e. The number of aromatic nitrogens is 2. The van der Waals surface area contributed by atoms with Crippen LogP contribution in [-0.4, -0.2) is 16.3 Å². The van der Waals surface area contributed by atoms with E-state index >= 15 is 0 Å². The summed E-state index contributed by atoms with van der Waals surface area (Å²) in [7, 11) is 0. The van der Waals surface area contributed by atoms with Gasteiger partial charge in [-0.15, -0.1) is 0 Å². The number of nitrogens with zero attached hydrogens (tertiary/aromatic N) is 2. The van der Waals surface area contributed by atoms with E-state index in [1.165, 1.54) is 0 Å². The van der Waals surface area contributed by atoms with E-state index in [0.29, 0.717) is 18.9 Å². The Labute approximate surface area is 105 Å². The first kappa shape index (κ1) is 12.0. The van der Waals surface area contributed by atoms with Gasteiger partial charge in [0.15, 0.2) is 0 Å². The maximum absolute atomic E-state index is 5.99.